The highest BCUT2D eigenvalue weighted by Gasteiger charge is 2.32. The average Bonchev–Trinajstić information content (AvgIpc) is 2.45. The number of alkyl halides is 3. The largest absolute Gasteiger partial charge is 0.416 e. The van der Waals surface area contributed by atoms with Crippen LogP contribution in [0.2, 0.25) is 0 Å². The molecule has 0 heterocycles. The highest BCUT2D eigenvalue weighted by atomic mass is 19.4. The first kappa shape index (κ1) is 15.0. The van der Waals surface area contributed by atoms with Gasteiger partial charge in [0, 0.05) is 5.56 Å². The number of allylic oxidation sites excluding steroid dienone is 1. The van der Waals surface area contributed by atoms with E-state index in [1.54, 1.807) is 0 Å². The van der Waals surface area contributed by atoms with Gasteiger partial charge in [0.1, 0.15) is 5.82 Å². The molecule has 0 radical (unpaired) electrons. The Balaban J connectivity index is 2.26. The lowest BCUT2D eigenvalue weighted by Crippen LogP contribution is -2.07. The quantitative estimate of drug-likeness (QED) is 0.454. The monoisotopic (exact) mass is 294 g/mol. The Hall–Kier alpha value is -2.43. The Morgan fingerprint density at radius 3 is 2.19 bits per heavy atom. The minimum atomic E-state index is -4.49. The normalized spacial score (nSPS) is 11.8. The summed E-state index contributed by atoms with van der Waals surface area (Å²) >= 11 is 0. The molecule has 108 valence electrons. The first-order chi connectivity index (χ1) is 9.88. The molecule has 0 aliphatic heterocycles. The Morgan fingerprint density at radius 1 is 0.952 bits per heavy atom. The fraction of sp³-hybridized carbons (Fsp3) is 0.0625. The summed E-state index contributed by atoms with van der Waals surface area (Å²) in [4.78, 5) is 11.8. The van der Waals surface area contributed by atoms with Gasteiger partial charge in [-0.1, -0.05) is 24.3 Å². The van der Waals surface area contributed by atoms with Crippen LogP contribution >= 0.6 is 0 Å². The van der Waals surface area contributed by atoms with Gasteiger partial charge in [-0.15, -0.1) is 0 Å². The Kier molecular flexibility index (Phi) is 4.21. The molecule has 0 N–H and O–H groups in total. The van der Waals surface area contributed by atoms with Crippen LogP contribution in [0.25, 0.3) is 6.08 Å². The molecule has 5 heteroatoms. The van der Waals surface area contributed by atoms with E-state index in [9.17, 15) is 22.4 Å². The van der Waals surface area contributed by atoms with Crippen LogP contribution in [0.5, 0.6) is 0 Å². The third-order valence-electron chi connectivity index (χ3n) is 2.81. The van der Waals surface area contributed by atoms with Gasteiger partial charge in [0.25, 0.3) is 0 Å². The van der Waals surface area contributed by atoms with Crippen molar-refractivity contribution in [1.29, 1.82) is 0 Å². The van der Waals surface area contributed by atoms with Gasteiger partial charge in [0.05, 0.1) is 5.56 Å². The summed E-state index contributed by atoms with van der Waals surface area (Å²) in [6, 6.07) is 9.74. The molecule has 0 spiro atoms. The Morgan fingerprint density at radius 2 is 1.57 bits per heavy atom. The molecule has 0 saturated carbocycles. The molecule has 0 bridgehead atoms. The van der Waals surface area contributed by atoms with Crippen molar-refractivity contribution in [2.45, 2.75) is 6.18 Å². The third-order valence-corrected chi connectivity index (χ3v) is 2.81. The van der Waals surface area contributed by atoms with Crippen LogP contribution in [0.4, 0.5) is 17.6 Å². The van der Waals surface area contributed by atoms with Crippen LogP contribution in [-0.4, -0.2) is 5.78 Å². The number of ketones is 1. The van der Waals surface area contributed by atoms with E-state index in [1.165, 1.54) is 30.3 Å². The van der Waals surface area contributed by atoms with E-state index in [4.69, 9.17) is 0 Å². The number of carbonyl (C=O) groups excluding carboxylic acids is 1. The number of carbonyl (C=O) groups is 1. The maximum atomic E-state index is 12.8. The second kappa shape index (κ2) is 5.91. The molecule has 0 unspecified atom stereocenters. The van der Waals surface area contributed by atoms with Gasteiger partial charge >= 0.3 is 6.18 Å². The molecule has 0 amide bonds. The predicted molar refractivity (Wildman–Crippen MR) is 71.2 cm³/mol. The lowest BCUT2D eigenvalue weighted by atomic mass is 10.0. The van der Waals surface area contributed by atoms with Crippen molar-refractivity contribution in [2.75, 3.05) is 0 Å². The van der Waals surface area contributed by atoms with Gasteiger partial charge in [0.2, 0.25) is 0 Å². The molecule has 2 aromatic carbocycles. The second-order valence-electron chi connectivity index (χ2n) is 4.29. The van der Waals surface area contributed by atoms with E-state index in [-0.39, 0.29) is 11.1 Å². The predicted octanol–water partition coefficient (Wildman–Crippen LogP) is 4.74. The Bertz CT molecular complexity index is 669. The zero-order chi connectivity index (χ0) is 15.5. The molecule has 2 aromatic rings. The summed E-state index contributed by atoms with van der Waals surface area (Å²) in [5.74, 6) is -0.982. The minimum absolute atomic E-state index is 0.0968. The second-order valence-corrected chi connectivity index (χ2v) is 4.29. The molecule has 0 fully saturated rings. The van der Waals surface area contributed by atoms with Gasteiger partial charge in [-0.3, -0.25) is 4.79 Å². The van der Waals surface area contributed by atoms with Crippen LogP contribution in [-0.2, 0) is 6.18 Å². The van der Waals surface area contributed by atoms with Crippen molar-refractivity contribution in [3.8, 4) is 0 Å². The summed E-state index contributed by atoms with van der Waals surface area (Å²) in [5, 5.41) is 0. The summed E-state index contributed by atoms with van der Waals surface area (Å²) in [6.45, 7) is 0. The molecule has 1 nitrogen and oxygen atoms in total. The van der Waals surface area contributed by atoms with Gasteiger partial charge in [0.15, 0.2) is 5.78 Å². The van der Waals surface area contributed by atoms with E-state index in [1.807, 2.05) is 0 Å². The minimum Gasteiger partial charge on any atom is -0.289 e. The van der Waals surface area contributed by atoms with Gasteiger partial charge in [-0.2, -0.15) is 13.2 Å². The molecular formula is C16H10F4O. The molecule has 21 heavy (non-hydrogen) atoms. The summed E-state index contributed by atoms with van der Waals surface area (Å²) < 4.78 is 51.1. The standard InChI is InChI=1S/C16H10F4O/c17-13-8-5-12(6-9-13)15(21)10-7-11-3-1-2-4-14(11)16(18,19)20/h1-10H/b10-7+. The van der Waals surface area contributed by atoms with Crippen LogP contribution in [0.15, 0.2) is 54.6 Å². The number of rotatable bonds is 3. The van der Waals surface area contributed by atoms with Gasteiger partial charge in [-0.25, -0.2) is 4.39 Å². The highest BCUT2D eigenvalue weighted by Crippen LogP contribution is 2.32. The molecule has 2 rings (SSSR count). The topological polar surface area (TPSA) is 17.1 Å². The van der Waals surface area contributed by atoms with Crippen molar-refractivity contribution >= 4 is 11.9 Å². The molecule has 0 aliphatic rings. The maximum absolute atomic E-state index is 12.8. The van der Waals surface area contributed by atoms with Crippen LogP contribution in [0, 0.1) is 5.82 Å². The summed E-state index contributed by atoms with van der Waals surface area (Å²) in [6.07, 6.45) is -2.34. The van der Waals surface area contributed by atoms with Crippen molar-refractivity contribution in [1.82, 2.24) is 0 Å². The van der Waals surface area contributed by atoms with E-state index in [2.05, 4.69) is 0 Å². The maximum Gasteiger partial charge on any atom is 0.416 e. The van der Waals surface area contributed by atoms with Crippen molar-refractivity contribution in [3.63, 3.8) is 0 Å². The third kappa shape index (κ3) is 3.78. The number of benzene rings is 2. The zero-order valence-electron chi connectivity index (χ0n) is 10.7. The van der Waals surface area contributed by atoms with Gasteiger partial charge < -0.3 is 0 Å². The molecular weight excluding hydrogens is 284 g/mol. The summed E-state index contributed by atoms with van der Waals surface area (Å²) in [5.41, 5.74) is -0.703. The molecule has 0 aliphatic carbocycles. The number of hydrogen-bond donors (Lipinski definition) is 0. The zero-order valence-corrected chi connectivity index (χ0v) is 10.7. The first-order valence-electron chi connectivity index (χ1n) is 6.02. The average molecular weight is 294 g/mol. The van der Waals surface area contributed by atoms with E-state index in [0.29, 0.717) is 0 Å². The van der Waals surface area contributed by atoms with E-state index in [0.717, 1.165) is 30.4 Å². The summed E-state index contributed by atoms with van der Waals surface area (Å²) in [7, 11) is 0. The van der Waals surface area contributed by atoms with E-state index < -0.39 is 23.3 Å². The number of halogens is 4. The Labute approximate surface area is 118 Å². The fourth-order valence-corrected chi connectivity index (χ4v) is 1.78. The smallest absolute Gasteiger partial charge is 0.289 e. The van der Waals surface area contributed by atoms with Crippen LogP contribution in [0.1, 0.15) is 21.5 Å². The highest BCUT2D eigenvalue weighted by molar-refractivity contribution is 6.06. The van der Waals surface area contributed by atoms with Gasteiger partial charge in [-0.05, 0) is 42.0 Å². The lowest BCUT2D eigenvalue weighted by molar-refractivity contribution is -0.137. The lowest BCUT2D eigenvalue weighted by Gasteiger charge is -2.09. The number of hydrogen-bond acceptors (Lipinski definition) is 1. The fourth-order valence-electron chi connectivity index (χ4n) is 1.78. The molecule has 0 saturated heterocycles. The van der Waals surface area contributed by atoms with Crippen molar-refractivity contribution in [3.05, 3.63) is 77.1 Å². The molecule has 0 atom stereocenters. The van der Waals surface area contributed by atoms with Crippen LogP contribution < -0.4 is 0 Å². The van der Waals surface area contributed by atoms with E-state index >= 15 is 0 Å². The van der Waals surface area contributed by atoms with Crippen molar-refractivity contribution < 1.29 is 22.4 Å². The van der Waals surface area contributed by atoms with Crippen molar-refractivity contribution in [2.24, 2.45) is 0 Å². The molecule has 0 aromatic heterocycles. The first-order valence-corrected chi connectivity index (χ1v) is 6.02. The SMILES string of the molecule is O=C(/C=C/c1ccccc1C(F)(F)F)c1ccc(F)cc1. The van der Waals surface area contributed by atoms with Crippen LogP contribution in [0.3, 0.4) is 0 Å².